The van der Waals surface area contributed by atoms with Gasteiger partial charge in [0.05, 0.1) is 24.2 Å². The lowest BCUT2D eigenvalue weighted by molar-refractivity contribution is 0.132. The molecule has 2 fully saturated rings. The summed E-state index contributed by atoms with van der Waals surface area (Å²) in [5.41, 5.74) is 0. The van der Waals surface area contributed by atoms with Gasteiger partial charge in [0.1, 0.15) is 0 Å². The standard InChI is InChI=1S/C17H27N3O3S2/c1-13(21)15-4-6-20(11-15)17(19-10-16-3-2-7-24-16)18-9-14-5-8-25(22,23)12-14/h2-3,7,13-15,21H,4-6,8-12H2,1H3,(H,18,19). The maximum atomic E-state index is 11.6. The van der Waals surface area contributed by atoms with E-state index in [2.05, 4.69) is 16.3 Å². The molecule has 0 spiro atoms. The Labute approximate surface area is 153 Å². The van der Waals surface area contributed by atoms with Crippen LogP contribution in [0.4, 0.5) is 0 Å². The molecule has 3 unspecified atom stereocenters. The molecule has 1 aromatic rings. The highest BCUT2D eigenvalue weighted by atomic mass is 32.2. The molecule has 1 aromatic heterocycles. The van der Waals surface area contributed by atoms with E-state index in [4.69, 9.17) is 4.99 Å². The van der Waals surface area contributed by atoms with Crippen molar-refractivity contribution in [3.05, 3.63) is 22.4 Å². The molecule has 140 valence electrons. The van der Waals surface area contributed by atoms with Crippen LogP contribution in [0.3, 0.4) is 0 Å². The number of thiophene rings is 1. The van der Waals surface area contributed by atoms with Crippen molar-refractivity contribution in [3.63, 3.8) is 0 Å². The topological polar surface area (TPSA) is 82.0 Å². The van der Waals surface area contributed by atoms with Crippen molar-refractivity contribution < 1.29 is 13.5 Å². The van der Waals surface area contributed by atoms with Gasteiger partial charge in [-0.1, -0.05) is 6.07 Å². The van der Waals surface area contributed by atoms with Gasteiger partial charge in [-0.25, -0.2) is 13.4 Å². The van der Waals surface area contributed by atoms with Crippen LogP contribution in [0.5, 0.6) is 0 Å². The van der Waals surface area contributed by atoms with E-state index in [9.17, 15) is 13.5 Å². The average Bonchev–Trinajstić information content (AvgIpc) is 3.28. The molecular weight excluding hydrogens is 358 g/mol. The number of guanidine groups is 1. The Kier molecular flexibility index (Phi) is 6.01. The first-order valence-electron chi connectivity index (χ1n) is 8.87. The highest BCUT2D eigenvalue weighted by molar-refractivity contribution is 7.91. The number of likely N-dealkylation sites (tertiary alicyclic amines) is 1. The van der Waals surface area contributed by atoms with Crippen molar-refractivity contribution in [1.82, 2.24) is 10.2 Å². The zero-order valence-corrected chi connectivity index (χ0v) is 16.2. The van der Waals surface area contributed by atoms with Crippen LogP contribution in [0, 0.1) is 11.8 Å². The number of nitrogens with zero attached hydrogens (tertiary/aromatic N) is 2. The van der Waals surface area contributed by atoms with E-state index in [-0.39, 0.29) is 23.7 Å². The van der Waals surface area contributed by atoms with Crippen molar-refractivity contribution in [2.45, 2.75) is 32.4 Å². The van der Waals surface area contributed by atoms with Crippen LogP contribution in [0.2, 0.25) is 0 Å². The van der Waals surface area contributed by atoms with Crippen molar-refractivity contribution in [1.29, 1.82) is 0 Å². The number of hydrogen-bond donors (Lipinski definition) is 2. The van der Waals surface area contributed by atoms with Crippen LogP contribution in [0.15, 0.2) is 22.5 Å². The van der Waals surface area contributed by atoms with Crippen LogP contribution in [0.1, 0.15) is 24.6 Å². The molecule has 2 aliphatic rings. The first-order valence-corrected chi connectivity index (χ1v) is 11.6. The molecule has 2 N–H and O–H groups in total. The Balaban J connectivity index is 1.63. The van der Waals surface area contributed by atoms with Gasteiger partial charge >= 0.3 is 0 Å². The van der Waals surface area contributed by atoms with Crippen molar-refractivity contribution in [2.75, 3.05) is 31.1 Å². The molecule has 6 nitrogen and oxygen atoms in total. The first-order chi connectivity index (χ1) is 11.9. The largest absolute Gasteiger partial charge is 0.393 e. The van der Waals surface area contributed by atoms with Gasteiger partial charge < -0.3 is 15.3 Å². The van der Waals surface area contributed by atoms with E-state index in [1.165, 1.54) is 4.88 Å². The monoisotopic (exact) mass is 385 g/mol. The Morgan fingerprint density at radius 1 is 1.52 bits per heavy atom. The van der Waals surface area contributed by atoms with Crippen LogP contribution >= 0.6 is 11.3 Å². The SMILES string of the molecule is CC(O)C1CCN(C(=NCc2cccs2)NCC2CCS(=O)(=O)C2)C1. The summed E-state index contributed by atoms with van der Waals surface area (Å²) in [4.78, 5) is 8.14. The van der Waals surface area contributed by atoms with Gasteiger partial charge in [-0.2, -0.15) is 0 Å². The summed E-state index contributed by atoms with van der Waals surface area (Å²) in [6.07, 6.45) is 1.36. The fourth-order valence-corrected chi connectivity index (χ4v) is 5.96. The summed E-state index contributed by atoms with van der Waals surface area (Å²) < 4.78 is 23.3. The molecule has 3 heterocycles. The molecule has 2 aliphatic heterocycles. The van der Waals surface area contributed by atoms with Gasteiger partial charge in [-0.15, -0.1) is 11.3 Å². The number of hydrogen-bond acceptors (Lipinski definition) is 5. The Bertz CT molecular complexity index is 686. The van der Waals surface area contributed by atoms with Crippen LogP contribution in [-0.2, 0) is 16.4 Å². The molecule has 2 saturated heterocycles. The van der Waals surface area contributed by atoms with Crippen LogP contribution in [0.25, 0.3) is 0 Å². The third-order valence-electron chi connectivity index (χ3n) is 5.05. The van der Waals surface area contributed by atoms with Gasteiger partial charge in [-0.3, -0.25) is 0 Å². The normalized spacial score (nSPS) is 27.6. The minimum atomic E-state index is -2.86. The highest BCUT2D eigenvalue weighted by Gasteiger charge is 2.30. The Hall–Kier alpha value is -1.12. The fourth-order valence-electron chi connectivity index (χ4n) is 3.47. The van der Waals surface area contributed by atoms with E-state index >= 15 is 0 Å². The summed E-state index contributed by atoms with van der Waals surface area (Å²) in [5, 5.41) is 15.3. The van der Waals surface area contributed by atoms with Gasteiger partial charge in [-0.05, 0) is 37.1 Å². The molecular formula is C17H27N3O3S2. The molecule has 3 atom stereocenters. The smallest absolute Gasteiger partial charge is 0.194 e. The number of rotatable bonds is 5. The molecule has 25 heavy (non-hydrogen) atoms. The van der Waals surface area contributed by atoms with E-state index in [0.717, 1.165) is 31.9 Å². The van der Waals surface area contributed by atoms with Crippen molar-refractivity contribution in [2.24, 2.45) is 16.8 Å². The van der Waals surface area contributed by atoms with E-state index < -0.39 is 9.84 Å². The lowest BCUT2D eigenvalue weighted by atomic mass is 10.0. The van der Waals surface area contributed by atoms with Crippen molar-refractivity contribution in [3.8, 4) is 0 Å². The van der Waals surface area contributed by atoms with Crippen molar-refractivity contribution >= 4 is 27.1 Å². The lowest BCUT2D eigenvalue weighted by Crippen LogP contribution is -2.42. The third kappa shape index (κ3) is 5.18. The fraction of sp³-hybridized carbons (Fsp3) is 0.706. The second kappa shape index (κ2) is 8.05. The van der Waals surface area contributed by atoms with Gasteiger partial charge in [0.2, 0.25) is 0 Å². The summed E-state index contributed by atoms with van der Waals surface area (Å²) in [6.45, 7) is 4.76. The van der Waals surface area contributed by atoms with E-state index in [0.29, 0.717) is 18.8 Å². The van der Waals surface area contributed by atoms with Crippen LogP contribution in [-0.4, -0.2) is 61.6 Å². The number of nitrogens with one attached hydrogen (secondary N) is 1. The molecule has 0 radical (unpaired) electrons. The average molecular weight is 386 g/mol. The molecule has 8 heteroatoms. The summed E-state index contributed by atoms with van der Waals surface area (Å²) >= 11 is 1.68. The first kappa shape index (κ1) is 18.7. The van der Waals surface area contributed by atoms with Gasteiger partial charge in [0.15, 0.2) is 15.8 Å². The summed E-state index contributed by atoms with van der Waals surface area (Å²) in [7, 11) is -2.86. The molecule has 0 amide bonds. The zero-order valence-electron chi connectivity index (χ0n) is 14.6. The van der Waals surface area contributed by atoms with E-state index in [1.807, 2.05) is 18.4 Å². The number of aliphatic imine (C=N–C) groups is 1. The second-order valence-electron chi connectivity index (χ2n) is 7.10. The Morgan fingerprint density at radius 3 is 2.96 bits per heavy atom. The third-order valence-corrected chi connectivity index (χ3v) is 7.74. The molecule has 3 rings (SSSR count). The minimum absolute atomic E-state index is 0.159. The minimum Gasteiger partial charge on any atom is -0.393 e. The number of sulfone groups is 1. The number of aliphatic hydroxyl groups excluding tert-OH is 1. The quantitative estimate of drug-likeness (QED) is 0.590. The number of aliphatic hydroxyl groups is 1. The summed E-state index contributed by atoms with van der Waals surface area (Å²) in [6, 6.07) is 4.09. The zero-order chi connectivity index (χ0) is 17.9. The maximum Gasteiger partial charge on any atom is 0.194 e. The summed E-state index contributed by atoms with van der Waals surface area (Å²) in [5.74, 6) is 1.83. The molecule has 0 saturated carbocycles. The van der Waals surface area contributed by atoms with Crippen LogP contribution < -0.4 is 5.32 Å². The lowest BCUT2D eigenvalue weighted by Gasteiger charge is -2.24. The van der Waals surface area contributed by atoms with E-state index in [1.54, 1.807) is 11.3 Å². The second-order valence-corrected chi connectivity index (χ2v) is 10.4. The van der Waals surface area contributed by atoms with Gasteiger partial charge in [0, 0.05) is 30.4 Å². The highest BCUT2D eigenvalue weighted by Crippen LogP contribution is 2.21. The predicted molar refractivity (Wildman–Crippen MR) is 102 cm³/mol. The predicted octanol–water partition coefficient (Wildman–Crippen LogP) is 1.33. The molecule has 0 aliphatic carbocycles. The maximum absolute atomic E-state index is 11.6. The molecule has 0 bridgehead atoms. The van der Waals surface area contributed by atoms with Gasteiger partial charge in [0.25, 0.3) is 0 Å². The molecule has 0 aromatic carbocycles. The Morgan fingerprint density at radius 2 is 2.36 bits per heavy atom.